The van der Waals surface area contributed by atoms with E-state index < -0.39 is 0 Å². The van der Waals surface area contributed by atoms with Crippen LogP contribution in [0.4, 0.5) is 5.82 Å². The number of nitrogens with one attached hydrogen (secondary N) is 1. The lowest BCUT2D eigenvalue weighted by Gasteiger charge is -2.29. The fourth-order valence-electron chi connectivity index (χ4n) is 4.88. The maximum absolute atomic E-state index is 13.2. The minimum Gasteiger partial charge on any atom is -0.316 e. The molecule has 2 aliphatic carbocycles. The highest BCUT2D eigenvalue weighted by Gasteiger charge is 2.27. The first-order valence-electron chi connectivity index (χ1n) is 11.7. The molecule has 0 aromatic carbocycles. The number of carbonyl (C=O) groups excluding carboxylic acids is 1. The van der Waals surface area contributed by atoms with Crippen LogP contribution in [0.3, 0.4) is 0 Å². The van der Waals surface area contributed by atoms with E-state index in [0.717, 1.165) is 57.6 Å². The predicted molar refractivity (Wildman–Crippen MR) is 120 cm³/mol. The third-order valence-corrected chi connectivity index (χ3v) is 6.60. The molecule has 1 unspecified atom stereocenters. The number of amides is 1. The van der Waals surface area contributed by atoms with Crippen LogP contribution in [-0.2, 0) is 17.6 Å². The van der Waals surface area contributed by atoms with E-state index in [2.05, 4.69) is 21.4 Å². The summed E-state index contributed by atoms with van der Waals surface area (Å²) < 4.78 is 0. The molecule has 0 bridgehead atoms. The molecule has 4 rings (SSSR count). The van der Waals surface area contributed by atoms with Crippen molar-refractivity contribution in [3.63, 3.8) is 0 Å². The molecular weight excluding hydrogens is 372 g/mol. The Kier molecular flexibility index (Phi) is 7.46. The molecule has 2 aromatic rings. The molecule has 5 heteroatoms. The van der Waals surface area contributed by atoms with E-state index in [1.54, 1.807) is 6.20 Å². The van der Waals surface area contributed by atoms with Crippen LogP contribution < -0.4 is 10.2 Å². The van der Waals surface area contributed by atoms with Gasteiger partial charge in [-0.1, -0.05) is 31.4 Å². The Labute approximate surface area is 180 Å². The Bertz CT molecular complexity index is 804. The highest BCUT2D eigenvalue weighted by Crippen LogP contribution is 2.27. The summed E-state index contributed by atoms with van der Waals surface area (Å²) in [5.74, 6) is 1.89. The van der Waals surface area contributed by atoms with Gasteiger partial charge in [0.25, 0.3) is 0 Å². The number of nitrogens with zero attached hydrogens (tertiary/aromatic N) is 3. The molecule has 2 aromatic heterocycles. The van der Waals surface area contributed by atoms with Crippen LogP contribution in [-0.4, -0.2) is 35.5 Å². The molecule has 160 valence electrons. The minimum absolute atomic E-state index is 0.170. The monoisotopic (exact) mass is 406 g/mol. The summed E-state index contributed by atoms with van der Waals surface area (Å²) in [5.41, 5.74) is 2.69. The maximum atomic E-state index is 13.2. The maximum Gasteiger partial charge on any atom is 0.231 e. The summed E-state index contributed by atoms with van der Waals surface area (Å²) in [4.78, 5) is 24.1. The van der Waals surface area contributed by atoms with Gasteiger partial charge in [-0.25, -0.2) is 4.98 Å². The van der Waals surface area contributed by atoms with Crippen molar-refractivity contribution in [2.24, 2.45) is 11.8 Å². The summed E-state index contributed by atoms with van der Waals surface area (Å²) in [6, 6.07) is 10.1. The lowest BCUT2D eigenvalue weighted by molar-refractivity contribution is -0.123. The van der Waals surface area contributed by atoms with E-state index in [4.69, 9.17) is 0 Å². The van der Waals surface area contributed by atoms with Crippen molar-refractivity contribution in [3.8, 4) is 0 Å². The first-order valence-corrected chi connectivity index (χ1v) is 11.7. The van der Waals surface area contributed by atoms with Crippen LogP contribution in [0.5, 0.6) is 0 Å². The zero-order valence-electron chi connectivity index (χ0n) is 17.9. The second-order valence-electron chi connectivity index (χ2n) is 8.79. The van der Waals surface area contributed by atoms with E-state index in [1.165, 1.54) is 36.9 Å². The number of rotatable bonds is 8. The Morgan fingerprint density at radius 3 is 2.73 bits per heavy atom. The lowest BCUT2D eigenvalue weighted by atomic mass is 9.87. The number of aryl methyl sites for hydroxylation is 1. The first kappa shape index (κ1) is 21.0. The van der Waals surface area contributed by atoms with Crippen molar-refractivity contribution >= 4 is 11.7 Å². The largest absolute Gasteiger partial charge is 0.316 e. The third kappa shape index (κ3) is 5.45. The van der Waals surface area contributed by atoms with Crippen molar-refractivity contribution in [3.05, 3.63) is 54.0 Å². The Morgan fingerprint density at radius 2 is 1.90 bits per heavy atom. The van der Waals surface area contributed by atoms with Crippen LogP contribution in [0.1, 0.15) is 56.2 Å². The van der Waals surface area contributed by atoms with Gasteiger partial charge in [0, 0.05) is 30.6 Å². The molecule has 2 heterocycles. The van der Waals surface area contributed by atoms with Gasteiger partial charge in [0.05, 0.1) is 0 Å². The zero-order chi connectivity index (χ0) is 20.6. The summed E-state index contributed by atoms with van der Waals surface area (Å²) in [6.07, 6.45) is 13.7. The zero-order valence-corrected chi connectivity index (χ0v) is 17.9. The number of carbonyl (C=O) groups is 1. The van der Waals surface area contributed by atoms with Crippen LogP contribution in [0, 0.1) is 11.8 Å². The van der Waals surface area contributed by atoms with Crippen LogP contribution in [0.25, 0.3) is 0 Å². The molecule has 1 fully saturated rings. The summed E-state index contributed by atoms with van der Waals surface area (Å²) >= 11 is 0. The SMILES string of the molecule is O=C(C1CCCCC1)N(CCCNCC1CCc2cccnc2C1)c1ccccn1. The molecule has 5 nitrogen and oxygen atoms in total. The van der Waals surface area contributed by atoms with Crippen molar-refractivity contribution in [2.75, 3.05) is 24.5 Å². The smallest absolute Gasteiger partial charge is 0.231 e. The number of hydrogen-bond donors (Lipinski definition) is 1. The Morgan fingerprint density at radius 1 is 1.03 bits per heavy atom. The molecule has 0 spiro atoms. The number of fused-ring (bicyclic) bond motifs is 1. The molecule has 0 aliphatic heterocycles. The van der Waals surface area contributed by atoms with Crippen molar-refractivity contribution in [1.29, 1.82) is 0 Å². The second-order valence-corrected chi connectivity index (χ2v) is 8.79. The van der Waals surface area contributed by atoms with Gasteiger partial charge in [0.2, 0.25) is 5.91 Å². The van der Waals surface area contributed by atoms with Gasteiger partial charge in [-0.15, -0.1) is 0 Å². The molecule has 0 saturated heterocycles. The van der Waals surface area contributed by atoms with Crippen molar-refractivity contribution < 1.29 is 4.79 Å². The van der Waals surface area contributed by atoms with E-state index in [-0.39, 0.29) is 11.8 Å². The van der Waals surface area contributed by atoms with E-state index in [9.17, 15) is 4.79 Å². The molecule has 1 N–H and O–H groups in total. The summed E-state index contributed by atoms with van der Waals surface area (Å²) in [7, 11) is 0. The van der Waals surface area contributed by atoms with Gasteiger partial charge in [-0.2, -0.15) is 0 Å². The quantitative estimate of drug-likeness (QED) is 0.669. The van der Waals surface area contributed by atoms with Gasteiger partial charge in [0.1, 0.15) is 5.82 Å². The first-order chi connectivity index (χ1) is 14.8. The molecule has 1 saturated carbocycles. The fraction of sp³-hybridized carbons (Fsp3) is 0.560. The highest BCUT2D eigenvalue weighted by molar-refractivity contribution is 5.94. The van der Waals surface area contributed by atoms with Crippen molar-refractivity contribution in [1.82, 2.24) is 15.3 Å². The van der Waals surface area contributed by atoms with Gasteiger partial charge in [-0.05, 0) is 81.3 Å². The number of anilines is 1. The average Bonchev–Trinajstić information content (AvgIpc) is 2.82. The molecule has 1 amide bonds. The normalized spacial score (nSPS) is 19.3. The van der Waals surface area contributed by atoms with Gasteiger partial charge < -0.3 is 5.32 Å². The van der Waals surface area contributed by atoms with E-state index in [0.29, 0.717) is 5.92 Å². The molecular formula is C25H34N4O. The Hall–Kier alpha value is -2.27. The van der Waals surface area contributed by atoms with Crippen LogP contribution in [0.2, 0.25) is 0 Å². The fourth-order valence-corrected chi connectivity index (χ4v) is 4.88. The van der Waals surface area contributed by atoms with Gasteiger partial charge in [0.15, 0.2) is 0 Å². The summed E-state index contributed by atoms with van der Waals surface area (Å²) in [6.45, 7) is 2.68. The van der Waals surface area contributed by atoms with E-state index in [1.807, 2.05) is 35.4 Å². The minimum atomic E-state index is 0.170. The number of pyridine rings is 2. The molecule has 1 atom stereocenters. The predicted octanol–water partition coefficient (Wildman–Crippen LogP) is 4.17. The Balaban J connectivity index is 1.25. The van der Waals surface area contributed by atoms with Gasteiger partial charge >= 0.3 is 0 Å². The van der Waals surface area contributed by atoms with Crippen LogP contribution in [0.15, 0.2) is 42.7 Å². The molecule has 2 aliphatic rings. The molecule has 30 heavy (non-hydrogen) atoms. The standard InChI is InChI=1S/C25H34N4O/c30-25(22-8-2-1-3-9-22)29(24-11-4-5-15-28-24)17-7-14-26-19-20-12-13-21-10-6-16-27-23(21)18-20/h4-6,10-11,15-16,20,22,26H,1-3,7-9,12-14,17-19H2. The van der Waals surface area contributed by atoms with E-state index >= 15 is 0 Å². The topological polar surface area (TPSA) is 58.1 Å². The highest BCUT2D eigenvalue weighted by atomic mass is 16.2. The average molecular weight is 407 g/mol. The third-order valence-electron chi connectivity index (χ3n) is 6.60. The van der Waals surface area contributed by atoms with Crippen molar-refractivity contribution in [2.45, 2.75) is 57.8 Å². The second kappa shape index (κ2) is 10.7. The summed E-state index contributed by atoms with van der Waals surface area (Å²) in [5, 5.41) is 3.63. The number of hydrogen-bond acceptors (Lipinski definition) is 4. The lowest BCUT2D eigenvalue weighted by Crippen LogP contribution is -2.39. The number of aromatic nitrogens is 2. The molecule has 0 radical (unpaired) electrons. The van der Waals surface area contributed by atoms with Gasteiger partial charge in [-0.3, -0.25) is 14.7 Å². The van der Waals surface area contributed by atoms with Crippen LogP contribution >= 0.6 is 0 Å².